The second-order valence-corrected chi connectivity index (χ2v) is 3.07. The van der Waals surface area contributed by atoms with E-state index in [1.165, 1.54) is 4.90 Å². The molecule has 0 aliphatic heterocycles. The number of carboxylic acids is 1. The van der Waals surface area contributed by atoms with Gasteiger partial charge in [-0.15, -0.1) is 0 Å². The Bertz CT molecular complexity index is 267. The standard InChI is InChI=1S/C9H16N2O5/c1-3-11(2)8(13)4-10-7(12)5-16-6-9(14)15/h3-6H2,1-2H3,(H,10,12)(H,14,15). The summed E-state index contributed by atoms with van der Waals surface area (Å²) in [6.45, 7) is 1.37. The number of rotatable bonds is 7. The third kappa shape index (κ3) is 6.77. The highest BCUT2D eigenvalue weighted by molar-refractivity contribution is 5.85. The van der Waals surface area contributed by atoms with Crippen LogP contribution in [0.5, 0.6) is 0 Å². The number of ether oxygens (including phenoxy) is 1. The van der Waals surface area contributed by atoms with Crippen molar-refractivity contribution in [3.8, 4) is 0 Å². The first-order valence-corrected chi connectivity index (χ1v) is 4.77. The van der Waals surface area contributed by atoms with Gasteiger partial charge in [0.25, 0.3) is 0 Å². The van der Waals surface area contributed by atoms with Crippen LogP contribution in [-0.2, 0) is 19.1 Å². The van der Waals surface area contributed by atoms with Crippen LogP contribution in [0.2, 0.25) is 0 Å². The molecule has 0 aliphatic carbocycles. The molecule has 0 atom stereocenters. The molecule has 0 saturated heterocycles. The maximum Gasteiger partial charge on any atom is 0.329 e. The predicted octanol–water partition coefficient (Wildman–Crippen LogP) is -1.32. The van der Waals surface area contributed by atoms with E-state index >= 15 is 0 Å². The molecule has 0 unspecified atom stereocenters. The summed E-state index contributed by atoms with van der Waals surface area (Å²) >= 11 is 0. The van der Waals surface area contributed by atoms with Gasteiger partial charge in [-0.2, -0.15) is 0 Å². The van der Waals surface area contributed by atoms with Crippen LogP contribution >= 0.6 is 0 Å². The SMILES string of the molecule is CCN(C)C(=O)CNC(=O)COCC(=O)O. The molecule has 0 saturated carbocycles. The summed E-state index contributed by atoms with van der Waals surface area (Å²) in [7, 11) is 1.62. The highest BCUT2D eigenvalue weighted by Gasteiger charge is 2.09. The molecule has 7 heteroatoms. The van der Waals surface area contributed by atoms with Crippen molar-refractivity contribution >= 4 is 17.8 Å². The Morgan fingerprint density at radius 3 is 2.44 bits per heavy atom. The number of likely N-dealkylation sites (N-methyl/N-ethyl adjacent to an activating group) is 1. The number of hydrogen-bond acceptors (Lipinski definition) is 4. The first kappa shape index (κ1) is 14.4. The fraction of sp³-hybridized carbons (Fsp3) is 0.667. The fourth-order valence-electron chi connectivity index (χ4n) is 0.768. The van der Waals surface area contributed by atoms with Gasteiger partial charge < -0.3 is 20.1 Å². The number of nitrogens with zero attached hydrogens (tertiary/aromatic N) is 1. The molecule has 0 aromatic carbocycles. The van der Waals surface area contributed by atoms with Gasteiger partial charge >= 0.3 is 5.97 Å². The third-order valence-corrected chi connectivity index (χ3v) is 1.80. The van der Waals surface area contributed by atoms with Gasteiger partial charge in [-0.25, -0.2) is 4.79 Å². The molecule has 0 aliphatic rings. The zero-order valence-corrected chi connectivity index (χ0v) is 9.36. The Morgan fingerprint density at radius 2 is 1.94 bits per heavy atom. The van der Waals surface area contributed by atoms with Crippen molar-refractivity contribution < 1.29 is 24.2 Å². The number of aliphatic carboxylic acids is 1. The van der Waals surface area contributed by atoms with Crippen LogP contribution in [0.25, 0.3) is 0 Å². The highest BCUT2D eigenvalue weighted by atomic mass is 16.5. The Hall–Kier alpha value is -1.63. The van der Waals surface area contributed by atoms with Crippen LogP contribution in [0.3, 0.4) is 0 Å². The van der Waals surface area contributed by atoms with E-state index in [0.29, 0.717) is 6.54 Å². The van der Waals surface area contributed by atoms with Crippen molar-refractivity contribution in [1.82, 2.24) is 10.2 Å². The summed E-state index contributed by atoms with van der Waals surface area (Å²) in [5.41, 5.74) is 0. The van der Waals surface area contributed by atoms with Gasteiger partial charge in [0, 0.05) is 13.6 Å². The summed E-state index contributed by atoms with van der Waals surface area (Å²) in [4.78, 5) is 33.8. The van der Waals surface area contributed by atoms with Crippen molar-refractivity contribution in [1.29, 1.82) is 0 Å². The van der Waals surface area contributed by atoms with Gasteiger partial charge in [0.1, 0.15) is 13.2 Å². The summed E-state index contributed by atoms with van der Waals surface area (Å²) in [6.07, 6.45) is 0. The van der Waals surface area contributed by atoms with Gasteiger partial charge in [-0.3, -0.25) is 9.59 Å². The molecule has 92 valence electrons. The number of carbonyl (C=O) groups excluding carboxylic acids is 2. The van der Waals surface area contributed by atoms with E-state index < -0.39 is 18.5 Å². The van der Waals surface area contributed by atoms with Gasteiger partial charge in [-0.05, 0) is 6.92 Å². The van der Waals surface area contributed by atoms with E-state index in [1.807, 2.05) is 6.92 Å². The molecule has 2 N–H and O–H groups in total. The molecule has 7 nitrogen and oxygen atoms in total. The lowest BCUT2D eigenvalue weighted by Gasteiger charge is -2.14. The summed E-state index contributed by atoms with van der Waals surface area (Å²) in [5.74, 6) is -1.87. The number of hydrogen-bond donors (Lipinski definition) is 2. The molecular weight excluding hydrogens is 216 g/mol. The largest absolute Gasteiger partial charge is 0.480 e. The average molecular weight is 232 g/mol. The number of carboxylic acid groups (broad SMARTS) is 1. The smallest absolute Gasteiger partial charge is 0.329 e. The van der Waals surface area contributed by atoms with Crippen molar-refractivity contribution in [2.24, 2.45) is 0 Å². The minimum absolute atomic E-state index is 0.112. The van der Waals surface area contributed by atoms with E-state index in [1.54, 1.807) is 7.05 Å². The molecule has 0 spiro atoms. The third-order valence-electron chi connectivity index (χ3n) is 1.80. The van der Waals surface area contributed by atoms with Crippen LogP contribution in [0, 0.1) is 0 Å². The molecular formula is C9H16N2O5. The van der Waals surface area contributed by atoms with Crippen LogP contribution in [0.1, 0.15) is 6.92 Å². The first-order chi connectivity index (χ1) is 7.47. The number of amides is 2. The van der Waals surface area contributed by atoms with Crippen molar-refractivity contribution in [3.63, 3.8) is 0 Å². The highest BCUT2D eigenvalue weighted by Crippen LogP contribution is 1.82. The summed E-state index contributed by atoms with van der Waals surface area (Å²) in [6, 6.07) is 0. The molecule has 0 radical (unpaired) electrons. The van der Waals surface area contributed by atoms with Gasteiger partial charge in [-0.1, -0.05) is 0 Å². The molecule has 2 amide bonds. The monoisotopic (exact) mass is 232 g/mol. The van der Waals surface area contributed by atoms with Crippen molar-refractivity contribution in [2.75, 3.05) is 33.4 Å². The molecule has 0 aromatic rings. The van der Waals surface area contributed by atoms with Crippen molar-refractivity contribution in [3.05, 3.63) is 0 Å². The van der Waals surface area contributed by atoms with Crippen LogP contribution in [0.4, 0.5) is 0 Å². The van der Waals surface area contributed by atoms with Gasteiger partial charge in [0.2, 0.25) is 11.8 Å². The minimum atomic E-state index is -1.14. The normalized spacial score (nSPS) is 9.62. The number of carbonyl (C=O) groups is 3. The Labute approximate surface area is 93.4 Å². The van der Waals surface area contributed by atoms with E-state index in [9.17, 15) is 14.4 Å². The quantitative estimate of drug-likeness (QED) is 0.567. The predicted molar refractivity (Wildman–Crippen MR) is 54.8 cm³/mol. The Kier molecular flexibility index (Phi) is 6.86. The average Bonchev–Trinajstić information content (AvgIpc) is 2.24. The zero-order chi connectivity index (χ0) is 12.6. The summed E-state index contributed by atoms with van der Waals surface area (Å²) in [5, 5.41) is 10.6. The van der Waals surface area contributed by atoms with Crippen LogP contribution in [0.15, 0.2) is 0 Å². The van der Waals surface area contributed by atoms with Crippen molar-refractivity contribution in [2.45, 2.75) is 6.92 Å². The van der Waals surface area contributed by atoms with Crippen LogP contribution in [-0.4, -0.2) is 61.1 Å². The second kappa shape index (κ2) is 7.63. The lowest BCUT2D eigenvalue weighted by Crippen LogP contribution is -2.39. The Balaban J connectivity index is 3.65. The maximum absolute atomic E-state index is 11.2. The second-order valence-electron chi connectivity index (χ2n) is 3.07. The molecule has 16 heavy (non-hydrogen) atoms. The van der Waals surface area contributed by atoms with E-state index in [-0.39, 0.29) is 19.1 Å². The van der Waals surface area contributed by atoms with E-state index in [4.69, 9.17) is 5.11 Å². The minimum Gasteiger partial charge on any atom is -0.480 e. The van der Waals surface area contributed by atoms with E-state index in [0.717, 1.165) is 0 Å². The van der Waals surface area contributed by atoms with Gasteiger partial charge in [0.05, 0.1) is 6.54 Å². The zero-order valence-electron chi connectivity index (χ0n) is 9.36. The fourth-order valence-corrected chi connectivity index (χ4v) is 0.768. The Morgan fingerprint density at radius 1 is 1.31 bits per heavy atom. The molecule has 0 fully saturated rings. The molecule has 0 bridgehead atoms. The maximum atomic E-state index is 11.2. The first-order valence-electron chi connectivity index (χ1n) is 4.77. The van der Waals surface area contributed by atoms with Gasteiger partial charge in [0.15, 0.2) is 0 Å². The lowest BCUT2D eigenvalue weighted by atomic mass is 10.5. The molecule has 0 aromatic heterocycles. The summed E-state index contributed by atoms with van der Waals surface area (Å²) < 4.78 is 4.54. The lowest BCUT2D eigenvalue weighted by molar-refractivity contribution is -0.144. The molecule has 0 rings (SSSR count). The number of nitrogens with one attached hydrogen (secondary N) is 1. The molecule has 0 heterocycles. The van der Waals surface area contributed by atoms with Crippen LogP contribution < -0.4 is 5.32 Å². The van der Waals surface area contributed by atoms with E-state index in [2.05, 4.69) is 10.1 Å². The topological polar surface area (TPSA) is 95.9 Å².